The number of rotatable bonds is 5. The van der Waals surface area contributed by atoms with Crippen LogP contribution < -0.4 is 15.2 Å². The molecule has 0 aliphatic carbocycles. The van der Waals surface area contributed by atoms with Gasteiger partial charge in [-0.25, -0.2) is 8.78 Å². The number of benzene rings is 1. The zero-order chi connectivity index (χ0) is 12.1. The Balaban J connectivity index is 2.78. The third-order valence-electron chi connectivity index (χ3n) is 1.60. The summed E-state index contributed by atoms with van der Waals surface area (Å²) in [6.45, 7) is 1.55. The van der Waals surface area contributed by atoms with Crippen LogP contribution in [-0.4, -0.2) is 19.0 Å². The minimum Gasteiger partial charge on any atom is -0.472 e. The van der Waals surface area contributed by atoms with E-state index in [4.69, 9.17) is 10.5 Å². The van der Waals surface area contributed by atoms with Crippen LogP contribution in [0.4, 0.5) is 13.2 Å². The zero-order valence-electron chi connectivity index (χ0n) is 8.57. The molecule has 0 spiro atoms. The number of halogens is 3. The van der Waals surface area contributed by atoms with Crippen LogP contribution in [0.25, 0.3) is 0 Å². The first kappa shape index (κ1) is 12.6. The summed E-state index contributed by atoms with van der Waals surface area (Å²) < 4.78 is 46.0. The number of nitrogens with two attached hydrogens (primary N) is 1. The fourth-order valence-electron chi connectivity index (χ4n) is 1.02. The van der Waals surface area contributed by atoms with Gasteiger partial charge in [-0.15, -0.1) is 0 Å². The van der Waals surface area contributed by atoms with E-state index in [0.29, 0.717) is 0 Å². The molecule has 2 atom stereocenters. The molecule has 0 saturated carbocycles. The topological polar surface area (TPSA) is 44.5 Å². The third-order valence-corrected chi connectivity index (χ3v) is 1.60. The van der Waals surface area contributed by atoms with Crippen LogP contribution in [0.5, 0.6) is 11.5 Å². The second-order valence-corrected chi connectivity index (χ2v) is 3.07. The highest BCUT2D eigenvalue weighted by Gasteiger charge is 2.22. The second kappa shape index (κ2) is 5.60. The molecule has 90 valence electrons. The van der Waals surface area contributed by atoms with Crippen molar-refractivity contribution in [1.29, 1.82) is 0 Å². The maximum absolute atomic E-state index is 12.7. The second-order valence-electron chi connectivity index (χ2n) is 3.07. The van der Waals surface area contributed by atoms with Gasteiger partial charge in [-0.05, 0) is 19.1 Å². The molecule has 6 heteroatoms. The molecule has 0 heterocycles. The summed E-state index contributed by atoms with van der Waals surface area (Å²) in [6.07, 6.45) is -6.53. The fourth-order valence-corrected chi connectivity index (χ4v) is 1.02. The molecule has 1 aromatic carbocycles. The van der Waals surface area contributed by atoms with Gasteiger partial charge in [-0.1, -0.05) is 12.1 Å². The molecular formula is C10H12F3NO2. The van der Waals surface area contributed by atoms with E-state index in [1.54, 1.807) is 13.0 Å². The van der Waals surface area contributed by atoms with Crippen molar-refractivity contribution in [3.8, 4) is 11.5 Å². The van der Waals surface area contributed by atoms with Crippen molar-refractivity contribution in [1.82, 2.24) is 0 Å². The smallest absolute Gasteiger partial charge is 0.304 e. The van der Waals surface area contributed by atoms with Gasteiger partial charge in [-0.2, -0.15) is 4.39 Å². The van der Waals surface area contributed by atoms with E-state index in [0.717, 1.165) is 0 Å². The minimum atomic E-state index is -3.21. The Bertz CT molecular complexity index is 334. The molecule has 0 bridgehead atoms. The Labute approximate surface area is 91.0 Å². The SMILES string of the molecule is CC(N)Oc1ccccc1OC(F)C(F)F. The molecule has 0 saturated heterocycles. The van der Waals surface area contributed by atoms with Crippen molar-refractivity contribution in [3.05, 3.63) is 24.3 Å². The highest BCUT2D eigenvalue weighted by molar-refractivity contribution is 5.39. The summed E-state index contributed by atoms with van der Waals surface area (Å²) in [5, 5.41) is 0. The molecule has 0 aliphatic heterocycles. The first-order valence-electron chi connectivity index (χ1n) is 4.61. The van der Waals surface area contributed by atoms with E-state index in [9.17, 15) is 13.2 Å². The lowest BCUT2D eigenvalue weighted by Gasteiger charge is -2.16. The van der Waals surface area contributed by atoms with Gasteiger partial charge < -0.3 is 9.47 Å². The Kier molecular flexibility index (Phi) is 4.42. The van der Waals surface area contributed by atoms with Gasteiger partial charge in [0.1, 0.15) is 6.23 Å². The van der Waals surface area contributed by atoms with Gasteiger partial charge in [-0.3, -0.25) is 5.73 Å². The van der Waals surface area contributed by atoms with E-state index >= 15 is 0 Å². The molecule has 0 aliphatic rings. The van der Waals surface area contributed by atoms with E-state index < -0.39 is 19.0 Å². The summed E-state index contributed by atoms with van der Waals surface area (Å²) in [6, 6.07) is 5.89. The summed E-state index contributed by atoms with van der Waals surface area (Å²) in [5.74, 6) is 0.0217. The first-order valence-corrected chi connectivity index (χ1v) is 4.61. The summed E-state index contributed by atoms with van der Waals surface area (Å²) in [7, 11) is 0. The van der Waals surface area contributed by atoms with Gasteiger partial charge in [0.25, 0.3) is 6.36 Å². The van der Waals surface area contributed by atoms with Crippen molar-refractivity contribution in [2.45, 2.75) is 25.9 Å². The minimum absolute atomic E-state index is 0.104. The quantitative estimate of drug-likeness (QED) is 0.796. The van der Waals surface area contributed by atoms with Crippen molar-refractivity contribution >= 4 is 0 Å². The van der Waals surface area contributed by atoms with E-state index in [1.165, 1.54) is 18.2 Å². The van der Waals surface area contributed by atoms with E-state index in [1.807, 2.05) is 0 Å². The number of alkyl halides is 3. The molecule has 0 aromatic heterocycles. The van der Waals surface area contributed by atoms with Gasteiger partial charge >= 0.3 is 6.43 Å². The van der Waals surface area contributed by atoms with Crippen LogP contribution in [0.1, 0.15) is 6.92 Å². The summed E-state index contributed by atoms with van der Waals surface area (Å²) in [5.41, 5.74) is 5.36. The van der Waals surface area contributed by atoms with Crippen LogP contribution in [0, 0.1) is 0 Å². The Hall–Kier alpha value is -1.43. The van der Waals surface area contributed by atoms with Gasteiger partial charge in [0.15, 0.2) is 11.5 Å². The molecule has 0 radical (unpaired) electrons. The first-order chi connectivity index (χ1) is 7.50. The maximum atomic E-state index is 12.7. The molecule has 1 rings (SSSR count). The zero-order valence-corrected chi connectivity index (χ0v) is 8.57. The van der Waals surface area contributed by atoms with Crippen molar-refractivity contribution in [3.63, 3.8) is 0 Å². The molecule has 16 heavy (non-hydrogen) atoms. The summed E-state index contributed by atoms with van der Waals surface area (Å²) in [4.78, 5) is 0. The molecule has 0 amide bonds. The van der Waals surface area contributed by atoms with Crippen LogP contribution in [0.2, 0.25) is 0 Å². The van der Waals surface area contributed by atoms with Crippen LogP contribution in [-0.2, 0) is 0 Å². The van der Waals surface area contributed by atoms with Gasteiger partial charge in [0, 0.05) is 0 Å². The highest BCUT2D eigenvalue weighted by Crippen LogP contribution is 2.29. The lowest BCUT2D eigenvalue weighted by Crippen LogP contribution is -2.24. The molecular weight excluding hydrogens is 223 g/mol. The van der Waals surface area contributed by atoms with Crippen molar-refractivity contribution in [2.24, 2.45) is 5.73 Å². The molecule has 2 N–H and O–H groups in total. The fraction of sp³-hybridized carbons (Fsp3) is 0.400. The predicted molar refractivity (Wildman–Crippen MR) is 52.2 cm³/mol. The number of hydrogen-bond acceptors (Lipinski definition) is 3. The Morgan fingerprint density at radius 2 is 1.56 bits per heavy atom. The predicted octanol–water partition coefficient (Wildman–Crippen LogP) is 2.31. The van der Waals surface area contributed by atoms with E-state index in [2.05, 4.69) is 4.74 Å². The molecule has 0 fully saturated rings. The monoisotopic (exact) mass is 235 g/mol. The largest absolute Gasteiger partial charge is 0.472 e. The standard InChI is InChI=1S/C10H12F3NO2/c1-6(14)15-7-4-2-3-5-8(7)16-10(13)9(11)12/h2-6,9-10H,14H2,1H3. The number of hydrogen-bond donors (Lipinski definition) is 1. The number of ether oxygens (including phenoxy) is 2. The Morgan fingerprint density at radius 1 is 1.06 bits per heavy atom. The van der Waals surface area contributed by atoms with E-state index in [-0.39, 0.29) is 11.5 Å². The molecule has 3 nitrogen and oxygen atoms in total. The van der Waals surface area contributed by atoms with Crippen LogP contribution in [0.3, 0.4) is 0 Å². The van der Waals surface area contributed by atoms with Gasteiger partial charge in [0.05, 0.1) is 0 Å². The normalized spacial score (nSPS) is 14.6. The lowest BCUT2D eigenvalue weighted by molar-refractivity contribution is -0.0682. The van der Waals surface area contributed by atoms with Gasteiger partial charge in [0.2, 0.25) is 0 Å². The number of para-hydroxylation sites is 2. The average Bonchev–Trinajstić information content (AvgIpc) is 2.20. The van der Waals surface area contributed by atoms with Crippen LogP contribution in [0.15, 0.2) is 24.3 Å². The third kappa shape index (κ3) is 3.62. The molecule has 2 unspecified atom stereocenters. The van der Waals surface area contributed by atoms with Crippen molar-refractivity contribution in [2.75, 3.05) is 0 Å². The van der Waals surface area contributed by atoms with Crippen LogP contribution >= 0.6 is 0 Å². The maximum Gasteiger partial charge on any atom is 0.304 e. The Morgan fingerprint density at radius 3 is 2.00 bits per heavy atom. The summed E-state index contributed by atoms with van der Waals surface area (Å²) >= 11 is 0. The highest BCUT2D eigenvalue weighted by atomic mass is 19.3. The molecule has 1 aromatic rings. The lowest BCUT2D eigenvalue weighted by atomic mass is 10.3. The van der Waals surface area contributed by atoms with Crippen molar-refractivity contribution < 1.29 is 22.6 Å². The average molecular weight is 235 g/mol.